The van der Waals surface area contributed by atoms with Gasteiger partial charge in [0, 0.05) is 33.7 Å². The second-order valence-electron chi connectivity index (χ2n) is 4.34. The molecule has 4 nitrogen and oxygen atoms in total. The summed E-state index contributed by atoms with van der Waals surface area (Å²) >= 11 is 5.08. The normalized spacial score (nSPS) is 10.8. The Hall–Kier alpha value is -1.66. The van der Waals surface area contributed by atoms with Crippen molar-refractivity contribution in [3.05, 3.63) is 50.9 Å². The lowest BCUT2D eigenvalue weighted by atomic mass is 10.2. The van der Waals surface area contributed by atoms with E-state index in [2.05, 4.69) is 37.3 Å². The highest BCUT2D eigenvalue weighted by Crippen LogP contribution is 2.20. The molecule has 0 fully saturated rings. The predicted molar refractivity (Wildman–Crippen MR) is 84.1 cm³/mol. The lowest BCUT2D eigenvalue weighted by molar-refractivity contribution is 0.0956. The first-order valence-corrected chi connectivity index (χ1v) is 7.84. The van der Waals surface area contributed by atoms with Gasteiger partial charge in [0.1, 0.15) is 5.65 Å². The maximum absolute atomic E-state index is 12.2. The zero-order chi connectivity index (χ0) is 13.9. The monoisotopic (exact) mass is 349 g/mol. The van der Waals surface area contributed by atoms with Crippen molar-refractivity contribution in [1.29, 1.82) is 0 Å². The maximum atomic E-state index is 12.2. The van der Waals surface area contributed by atoms with Gasteiger partial charge in [0.25, 0.3) is 5.91 Å². The third kappa shape index (κ3) is 2.76. The van der Waals surface area contributed by atoms with Crippen LogP contribution in [-0.4, -0.2) is 22.4 Å². The van der Waals surface area contributed by atoms with Gasteiger partial charge in [0.2, 0.25) is 0 Å². The van der Waals surface area contributed by atoms with Crippen molar-refractivity contribution in [2.24, 2.45) is 0 Å². The molecule has 3 aromatic heterocycles. The molecule has 3 aromatic rings. The number of nitrogens with zero attached hydrogens (tertiary/aromatic N) is 1. The van der Waals surface area contributed by atoms with Crippen molar-refractivity contribution in [3.8, 4) is 0 Å². The molecular formula is C14H12BrN3OS. The van der Waals surface area contributed by atoms with Crippen LogP contribution < -0.4 is 5.32 Å². The number of carbonyl (C=O) groups excluding carboxylic acids is 1. The molecule has 0 aromatic carbocycles. The molecule has 102 valence electrons. The molecule has 3 rings (SSSR count). The highest BCUT2D eigenvalue weighted by molar-refractivity contribution is 9.10. The standard InChI is InChI=1S/C14H12BrN3OS/c15-9-6-11-12(8-18-13(11)17-7-9)14(19)16-4-3-10-2-1-5-20-10/h1-2,5-8H,3-4H2,(H,16,19)(H,17,18). The van der Waals surface area contributed by atoms with Gasteiger partial charge in [0.15, 0.2) is 0 Å². The quantitative estimate of drug-likeness (QED) is 0.758. The van der Waals surface area contributed by atoms with Gasteiger partial charge in [0.05, 0.1) is 5.56 Å². The van der Waals surface area contributed by atoms with E-state index >= 15 is 0 Å². The Labute approximate surface area is 128 Å². The lowest BCUT2D eigenvalue weighted by Gasteiger charge is -2.03. The van der Waals surface area contributed by atoms with Crippen molar-refractivity contribution in [3.63, 3.8) is 0 Å². The van der Waals surface area contributed by atoms with Gasteiger partial charge in [-0.25, -0.2) is 4.98 Å². The van der Waals surface area contributed by atoms with Gasteiger partial charge >= 0.3 is 0 Å². The molecule has 3 heterocycles. The lowest BCUT2D eigenvalue weighted by Crippen LogP contribution is -2.25. The zero-order valence-electron chi connectivity index (χ0n) is 10.5. The minimum Gasteiger partial charge on any atom is -0.352 e. The summed E-state index contributed by atoms with van der Waals surface area (Å²) in [4.78, 5) is 20.7. The van der Waals surface area contributed by atoms with Crippen molar-refractivity contribution < 1.29 is 4.79 Å². The number of aromatic amines is 1. The Kier molecular flexibility index (Phi) is 3.84. The number of amides is 1. The van der Waals surface area contributed by atoms with E-state index in [1.807, 2.05) is 17.5 Å². The zero-order valence-corrected chi connectivity index (χ0v) is 12.9. The molecule has 0 radical (unpaired) electrons. The largest absolute Gasteiger partial charge is 0.352 e. The summed E-state index contributed by atoms with van der Waals surface area (Å²) < 4.78 is 0.859. The Morgan fingerprint density at radius 1 is 1.50 bits per heavy atom. The van der Waals surface area contributed by atoms with Crippen LogP contribution in [0.1, 0.15) is 15.2 Å². The van der Waals surface area contributed by atoms with Crippen molar-refractivity contribution >= 4 is 44.2 Å². The molecule has 20 heavy (non-hydrogen) atoms. The number of halogens is 1. The molecule has 0 unspecified atom stereocenters. The Balaban J connectivity index is 1.70. The number of carbonyl (C=O) groups is 1. The minimum atomic E-state index is -0.0762. The average Bonchev–Trinajstić information content (AvgIpc) is 3.07. The number of nitrogens with one attached hydrogen (secondary N) is 2. The van der Waals surface area contributed by atoms with Gasteiger partial charge < -0.3 is 10.3 Å². The minimum absolute atomic E-state index is 0.0762. The van der Waals surface area contributed by atoms with Gasteiger partial charge in [-0.15, -0.1) is 11.3 Å². The molecule has 0 saturated heterocycles. The SMILES string of the molecule is O=C(NCCc1cccs1)c1c[nH]c2ncc(Br)cc12. The fourth-order valence-corrected chi connectivity index (χ4v) is 3.06. The van der Waals surface area contributed by atoms with E-state index in [0.29, 0.717) is 12.1 Å². The molecule has 0 bridgehead atoms. The summed E-state index contributed by atoms with van der Waals surface area (Å²) in [6, 6.07) is 5.99. The van der Waals surface area contributed by atoms with Crippen LogP contribution in [0.5, 0.6) is 0 Å². The third-order valence-corrected chi connectivity index (χ3v) is 4.35. The molecular weight excluding hydrogens is 338 g/mol. The van der Waals surface area contributed by atoms with Crippen LogP contribution in [0.3, 0.4) is 0 Å². The van der Waals surface area contributed by atoms with E-state index in [1.54, 1.807) is 23.7 Å². The summed E-state index contributed by atoms with van der Waals surface area (Å²) in [5.41, 5.74) is 1.34. The van der Waals surface area contributed by atoms with Crippen LogP contribution in [0.15, 0.2) is 40.4 Å². The third-order valence-electron chi connectivity index (χ3n) is 2.98. The van der Waals surface area contributed by atoms with Crippen molar-refractivity contribution in [1.82, 2.24) is 15.3 Å². The summed E-state index contributed by atoms with van der Waals surface area (Å²) in [6.07, 6.45) is 4.26. The first-order chi connectivity index (χ1) is 9.74. The Morgan fingerprint density at radius 2 is 2.40 bits per heavy atom. The molecule has 0 saturated carbocycles. The Morgan fingerprint density at radius 3 is 3.20 bits per heavy atom. The van der Waals surface area contributed by atoms with Crippen LogP contribution in [0.25, 0.3) is 11.0 Å². The summed E-state index contributed by atoms with van der Waals surface area (Å²) in [7, 11) is 0. The second-order valence-corrected chi connectivity index (χ2v) is 6.29. The van der Waals surface area contributed by atoms with Crippen LogP contribution >= 0.6 is 27.3 Å². The van der Waals surface area contributed by atoms with Gasteiger partial charge in [-0.3, -0.25) is 4.79 Å². The average molecular weight is 350 g/mol. The topological polar surface area (TPSA) is 57.8 Å². The molecule has 1 amide bonds. The van der Waals surface area contributed by atoms with Gasteiger partial charge in [-0.05, 0) is 39.9 Å². The van der Waals surface area contributed by atoms with Crippen LogP contribution in [0, 0.1) is 0 Å². The molecule has 0 aliphatic carbocycles. The van der Waals surface area contributed by atoms with Gasteiger partial charge in [-0.1, -0.05) is 6.07 Å². The first kappa shape index (κ1) is 13.3. The first-order valence-electron chi connectivity index (χ1n) is 6.17. The number of pyridine rings is 1. The van der Waals surface area contributed by atoms with E-state index in [-0.39, 0.29) is 5.91 Å². The van der Waals surface area contributed by atoms with Crippen LogP contribution in [0.4, 0.5) is 0 Å². The molecule has 0 aliphatic heterocycles. The van der Waals surface area contributed by atoms with Crippen molar-refractivity contribution in [2.45, 2.75) is 6.42 Å². The van der Waals surface area contributed by atoms with E-state index in [9.17, 15) is 4.79 Å². The van der Waals surface area contributed by atoms with E-state index in [1.165, 1.54) is 4.88 Å². The molecule has 2 N–H and O–H groups in total. The number of fused-ring (bicyclic) bond motifs is 1. The number of rotatable bonds is 4. The highest BCUT2D eigenvalue weighted by Gasteiger charge is 2.12. The smallest absolute Gasteiger partial charge is 0.253 e. The van der Waals surface area contributed by atoms with Crippen LogP contribution in [-0.2, 0) is 6.42 Å². The number of thiophene rings is 1. The highest BCUT2D eigenvalue weighted by atomic mass is 79.9. The molecule has 0 aliphatic rings. The fraction of sp³-hybridized carbons (Fsp3) is 0.143. The van der Waals surface area contributed by atoms with E-state index < -0.39 is 0 Å². The van der Waals surface area contributed by atoms with Crippen molar-refractivity contribution in [2.75, 3.05) is 6.54 Å². The van der Waals surface area contributed by atoms with Gasteiger partial charge in [-0.2, -0.15) is 0 Å². The molecule has 0 atom stereocenters. The van der Waals surface area contributed by atoms with E-state index in [0.717, 1.165) is 21.9 Å². The summed E-state index contributed by atoms with van der Waals surface area (Å²) in [6.45, 7) is 0.632. The maximum Gasteiger partial charge on any atom is 0.253 e. The summed E-state index contributed by atoms with van der Waals surface area (Å²) in [5, 5.41) is 5.81. The van der Waals surface area contributed by atoms with Crippen LogP contribution in [0.2, 0.25) is 0 Å². The second kappa shape index (κ2) is 5.76. The number of hydrogen-bond donors (Lipinski definition) is 2. The summed E-state index contributed by atoms with van der Waals surface area (Å²) in [5.74, 6) is -0.0762. The fourth-order valence-electron chi connectivity index (χ4n) is 2.02. The van der Waals surface area contributed by atoms with E-state index in [4.69, 9.17) is 0 Å². The number of aromatic nitrogens is 2. The number of hydrogen-bond acceptors (Lipinski definition) is 3. The molecule has 6 heteroatoms. The predicted octanol–water partition coefficient (Wildman–Crippen LogP) is 3.36. The molecule has 0 spiro atoms. The number of H-pyrrole nitrogens is 1. The Bertz CT molecular complexity index is 736.